The summed E-state index contributed by atoms with van der Waals surface area (Å²) in [4.78, 5) is 22.5. The van der Waals surface area contributed by atoms with Crippen molar-refractivity contribution < 1.29 is 23.8 Å². The summed E-state index contributed by atoms with van der Waals surface area (Å²) < 4.78 is 15.8. The molecule has 124 valence electrons. The quantitative estimate of drug-likeness (QED) is 0.278. The second kappa shape index (κ2) is 13.4. The minimum atomic E-state index is -0.0203. The van der Waals surface area contributed by atoms with Gasteiger partial charge in [0.1, 0.15) is 6.61 Å². The number of rotatable bonds is 13. The van der Waals surface area contributed by atoms with Gasteiger partial charge < -0.3 is 19.5 Å². The van der Waals surface area contributed by atoms with E-state index in [9.17, 15) is 9.59 Å². The number of carbonyl (C=O) groups excluding carboxylic acids is 2. The number of ketones is 1. The molecule has 7 heteroatoms. The van der Waals surface area contributed by atoms with Crippen molar-refractivity contribution >= 4 is 34.3 Å². The maximum absolute atomic E-state index is 11.2. The number of hydrogen-bond donors (Lipinski definition) is 1. The Morgan fingerprint density at radius 1 is 0.952 bits per heavy atom. The average Bonchev–Trinajstić information content (AvgIpc) is 2.43. The Morgan fingerprint density at radius 3 is 2.00 bits per heavy atom. The molecule has 0 bridgehead atoms. The molecule has 0 fully saturated rings. The number of halogens is 1. The Labute approximate surface area is 140 Å². The van der Waals surface area contributed by atoms with Gasteiger partial charge in [0.2, 0.25) is 5.91 Å². The summed E-state index contributed by atoms with van der Waals surface area (Å²) in [5.74, 6) is 0.111. The molecule has 1 N–H and O–H groups in total. The van der Waals surface area contributed by atoms with E-state index in [1.54, 1.807) is 0 Å². The summed E-state index contributed by atoms with van der Waals surface area (Å²) in [6.07, 6.45) is 0. The second-order valence-electron chi connectivity index (χ2n) is 4.81. The molecule has 0 aliphatic rings. The molecule has 0 radical (unpaired) electrons. The van der Waals surface area contributed by atoms with Crippen molar-refractivity contribution in [3.63, 3.8) is 0 Å². The first kappa shape index (κ1) is 20.8. The van der Waals surface area contributed by atoms with Crippen LogP contribution in [0.4, 0.5) is 0 Å². The zero-order chi connectivity index (χ0) is 16.1. The van der Waals surface area contributed by atoms with Gasteiger partial charge in [-0.3, -0.25) is 9.59 Å². The van der Waals surface area contributed by atoms with E-state index in [2.05, 4.69) is 27.9 Å². The van der Waals surface area contributed by atoms with Crippen LogP contribution in [0.15, 0.2) is 0 Å². The zero-order valence-electron chi connectivity index (χ0n) is 13.0. The largest absolute Gasteiger partial charge is 0.377 e. The fourth-order valence-electron chi connectivity index (χ4n) is 1.18. The predicted octanol–water partition coefficient (Wildman–Crippen LogP) is 1.20. The molecule has 0 aromatic heterocycles. The number of nitrogens with one attached hydrogen (secondary N) is 1. The summed E-state index contributed by atoms with van der Waals surface area (Å²) in [6, 6.07) is 0. The first-order chi connectivity index (χ1) is 9.95. The number of Topliss-reactive ketones (excluding diaryl/α,β-unsaturated/α-hetero) is 1. The molecule has 0 saturated heterocycles. The predicted molar refractivity (Wildman–Crippen MR) is 88.8 cm³/mol. The highest BCUT2D eigenvalue weighted by Crippen LogP contribution is 1.99. The molecule has 6 nitrogen and oxygen atoms in total. The van der Waals surface area contributed by atoms with E-state index in [-0.39, 0.29) is 28.1 Å². The molecule has 0 aliphatic heterocycles. The molecule has 0 rings (SSSR count). The molecule has 0 spiro atoms. The molecule has 1 amide bonds. The monoisotopic (exact) mass is 415 g/mol. The third-order valence-corrected chi connectivity index (χ3v) is 3.20. The van der Waals surface area contributed by atoms with Gasteiger partial charge in [-0.25, -0.2) is 0 Å². The van der Waals surface area contributed by atoms with Crippen LogP contribution >= 0.6 is 22.6 Å². The van der Waals surface area contributed by atoms with E-state index >= 15 is 0 Å². The molecular formula is C14H26INO5. The summed E-state index contributed by atoms with van der Waals surface area (Å²) in [5, 5.41) is 2.76. The summed E-state index contributed by atoms with van der Waals surface area (Å²) in [5.41, 5.74) is 0. The van der Waals surface area contributed by atoms with Crippen LogP contribution in [0.5, 0.6) is 0 Å². The SMILES string of the molecule is CC(C)C(=O)NCCOCCOCCOCC(=O)C(C)I. The minimum Gasteiger partial charge on any atom is -0.377 e. The molecule has 0 heterocycles. The van der Waals surface area contributed by atoms with Crippen molar-refractivity contribution in [2.45, 2.75) is 24.7 Å². The third-order valence-electron chi connectivity index (χ3n) is 2.50. The van der Waals surface area contributed by atoms with E-state index in [0.29, 0.717) is 39.6 Å². The van der Waals surface area contributed by atoms with Crippen LogP contribution in [0, 0.1) is 5.92 Å². The van der Waals surface area contributed by atoms with Gasteiger partial charge in [-0.05, 0) is 6.92 Å². The second-order valence-corrected chi connectivity index (χ2v) is 6.67. The van der Waals surface area contributed by atoms with E-state index in [1.807, 2.05) is 20.8 Å². The van der Waals surface area contributed by atoms with Gasteiger partial charge >= 0.3 is 0 Å². The van der Waals surface area contributed by atoms with Gasteiger partial charge in [-0.1, -0.05) is 36.4 Å². The van der Waals surface area contributed by atoms with Gasteiger partial charge in [0.25, 0.3) is 0 Å². The van der Waals surface area contributed by atoms with Crippen molar-refractivity contribution in [3.05, 3.63) is 0 Å². The number of alkyl halides is 1. The normalized spacial score (nSPS) is 12.4. The maximum atomic E-state index is 11.2. The lowest BCUT2D eigenvalue weighted by molar-refractivity contribution is -0.124. The molecule has 1 atom stereocenters. The van der Waals surface area contributed by atoms with Crippen molar-refractivity contribution in [1.29, 1.82) is 0 Å². The molecular weight excluding hydrogens is 389 g/mol. The van der Waals surface area contributed by atoms with Crippen LogP contribution in [0.1, 0.15) is 20.8 Å². The molecule has 0 aromatic rings. The lowest BCUT2D eigenvalue weighted by atomic mass is 10.2. The lowest BCUT2D eigenvalue weighted by Gasteiger charge is -2.09. The summed E-state index contributed by atoms with van der Waals surface area (Å²) in [6.45, 7) is 8.44. The van der Waals surface area contributed by atoms with Crippen LogP contribution in [-0.4, -0.2) is 61.8 Å². The van der Waals surface area contributed by atoms with Crippen molar-refractivity contribution in [3.8, 4) is 0 Å². The number of hydrogen-bond acceptors (Lipinski definition) is 5. The van der Waals surface area contributed by atoms with Crippen molar-refractivity contribution in [2.24, 2.45) is 5.92 Å². The molecule has 0 saturated carbocycles. The number of ether oxygens (including phenoxy) is 3. The van der Waals surface area contributed by atoms with E-state index < -0.39 is 0 Å². The number of carbonyl (C=O) groups is 2. The van der Waals surface area contributed by atoms with Crippen molar-refractivity contribution in [2.75, 3.05) is 46.2 Å². The molecule has 21 heavy (non-hydrogen) atoms. The van der Waals surface area contributed by atoms with Crippen LogP contribution in [0.3, 0.4) is 0 Å². The standard InChI is InChI=1S/C14H26INO5/c1-11(2)14(18)16-4-5-19-6-7-20-8-9-21-10-13(17)12(3)15/h11-12H,4-10H2,1-3H3,(H,16,18). The smallest absolute Gasteiger partial charge is 0.222 e. The highest BCUT2D eigenvalue weighted by atomic mass is 127. The fourth-order valence-corrected chi connectivity index (χ4v) is 1.36. The van der Waals surface area contributed by atoms with Crippen LogP contribution in [0.2, 0.25) is 0 Å². The zero-order valence-corrected chi connectivity index (χ0v) is 15.2. The summed E-state index contributed by atoms with van der Waals surface area (Å²) >= 11 is 2.06. The minimum absolute atomic E-state index is 0.00426. The Morgan fingerprint density at radius 2 is 1.48 bits per heavy atom. The fraction of sp³-hybridized carbons (Fsp3) is 0.857. The van der Waals surface area contributed by atoms with E-state index in [4.69, 9.17) is 14.2 Å². The molecule has 1 unspecified atom stereocenters. The van der Waals surface area contributed by atoms with Gasteiger partial charge in [0.05, 0.1) is 37.0 Å². The average molecular weight is 415 g/mol. The number of amides is 1. The van der Waals surface area contributed by atoms with Gasteiger partial charge in [-0.2, -0.15) is 0 Å². The highest BCUT2D eigenvalue weighted by molar-refractivity contribution is 14.1. The Kier molecular flexibility index (Phi) is 13.3. The topological polar surface area (TPSA) is 73.9 Å². The maximum Gasteiger partial charge on any atom is 0.222 e. The third kappa shape index (κ3) is 13.2. The van der Waals surface area contributed by atoms with Gasteiger partial charge in [0.15, 0.2) is 5.78 Å². The van der Waals surface area contributed by atoms with Crippen molar-refractivity contribution in [1.82, 2.24) is 5.32 Å². The first-order valence-corrected chi connectivity index (χ1v) is 8.37. The highest BCUT2D eigenvalue weighted by Gasteiger charge is 2.08. The van der Waals surface area contributed by atoms with Crippen LogP contribution < -0.4 is 5.32 Å². The Hall–Kier alpha value is -0.250. The first-order valence-electron chi connectivity index (χ1n) is 7.13. The molecule has 0 aliphatic carbocycles. The van der Waals surface area contributed by atoms with E-state index in [0.717, 1.165) is 0 Å². The van der Waals surface area contributed by atoms with Crippen LogP contribution in [-0.2, 0) is 23.8 Å². The van der Waals surface area contributed by atoms with Crippen LogP contribution in [0.25, 0.3) is 0 Å². The Balaban J connectivity index is 3.20. The lowest BCUT2D eigenvalue weighted by Crippen LogP contribution is -2.31. The molecule has 0 aromatic carbocycles. The van der Waals surface area contributed by atoms with E-state index in [1.165, 1.54) is 0 Å². The summed E-state index contributed by atoms with van der Waals surface area (Å²) in [7, 11) is 0. The Bertz CT molecular complexity index is 269. The van der Waals surface area contributed by atoms with Gasteiger partial charge in [0, 0.05) is 12.5 Å². The van der Waals surface area contributed by atoms with Gasteiger partial charge in [-0.15, -0.1) is 0 Å².